The topological polar surface area (TPSA) is 32.3 Å². The highest BCUT2D eigenvalue weighted by molar-refractivity contribution is 5.91. The summed E-state index contributed by atoms with van der Waals surface area (Å²) >= 11 is 0. The summed E-state index contributed by atoms with van der Waals surface area (Å²) in [5.41, 5.74) is 1.16. The zero-order chi connectivity index (χ0) is 22.5. The zero-order valence-electron chi connectivity index (χ0n) is 18.1. The van der Waals surface area contributed by atoms with E-state index in [9.17, 15) is 18.0 Å². The fraction of sp³-hybridized carbons (Fsp3) is 0.423. The normalized spacial score (nSPS) is 22.5. The van der Waals surface area contributed by atoms with Crippen LogP contribution in [0.25, 0.3) is 6.08 Å². The van der Waals surface area contributed by atoms with Crippen LogP contribution >= 0.6 is 0 Å². The maximum atomic E-state index is 14.0. The van der Waals surface area contributed by atoms with Gasteiger partial charge < -0.3 is 10.2 Å². The molecule has 2 aromatic rings. The van der Waals surface area contributed by atoms with Crippen LogP contribution in [-0.4, -0.2) is 36.5 Å². The molecule has 3 nitrogen and oxygen atoms in total. The van der Waals surface area contributed by atoms with Gasteiger partial charge in [-0.25, -0.2) is 13.2 Å². The number of nitrogens with one attached hydrogen (secondary N) is 1. The van der Waals surface area contributed by atoms with E-state index in [1.165, 1.54) is 24.3 Å². The Kier molecular flexibility index (Phi) is 7.30. The van der Waals surface area contributed by atoms with Gasteiger partial charge in [0, 0.05) is 24.7 Å². The van der Waals surface area contributed by atoms with E-state index >= 15 is 0 Å². The zero-order valence-corrected chi connectivity index (χ0v) is 18.1. The van der Waals surface area contributed by atoms with Gasteiger partial charge in [0.25, 0.3) is 0 Å². The molecule has 0 aromatic heterocycles. The van der Waals surface area contributed by atoms with Crippen molar-refractivity contribution >= 4 is 12.0 Å². The van der Waals surface area contributed by atoms with Crippen LogP contribution in [0.15, 0.2) is 48.5 Å². The van der Waals surface area contributed by atoms with Gasteiger partial charge in [0.05, 0.1) is 0 Å². The van der Waals surface area contributed by atoms with Gasteiger partial charge in [0.1, 0.15) is 17.5 Å². The fourth-order valence-corrected chi connectivity index (χ4v) is 5.06. The average molecular weight is 443 g/mol. The first-order valence-corrected chi connectivity index (χ1v) is 11.4. The van der Waals surface area contributed by atoms with Gasteiger partial charge in [-0.15, -0.1) is 0 Å². The lowest BCUT2D eigenvalue weighted by molar-refractivity contribution is -0.117. The van der Waals surface area contributed by atoms with Crippen molar-refractivity contribution in [2.75, 3.05) is 19.6 Å². The van der Waals surface area contributed by atoms with Gasteiger partial charge in [-0.05, 0) is 92.4 Å². The summed E-state index contributed by atoms with van der Waals surface area (Å²) in [6.07, 6.45) is 7.63. The molecular weight excluding hydrogens is 413 g/mol. The molecule has 0 spiro atoms. The van der Waals surface area contributed by atoms with E-state index in [-0.39, 0.29) is 17.8 Å². The molecule has 1 N–H and O–H groups in total. The molecule has 2 aliphatic rings. The molecule has 1 saturated heterocycles. The summed E-state index contributed by atoms with van der Waals surface area (Å²) in [5.74, 6) is -0.848. The number of nitrogens with zero attached hydrogens (tertiary/aromatic N) is 1. The number of amides is 1. The van der Waals surface area contributed by atoms with Gasteiger partial charge in [-0.2, -0.15) is 0 Å². The summed E-state index contributed by atoms with van der Waals surface area (Å²) in [6, 6.07) is 10.4. The molecule has 2 atom stereocenters. The number of hydrogen-bond acceptors (Lipinski definition) is 2. The number of carbonyl (C=O) groups is 1. The first-order chi connectivity index (χ1) is 15.5. The third kappa shape index (κ3) is 6.00. The molecule has 0 unspecified atom stereocenters. The second-order valence-corrected chi connectivity index (χ2v) is 9.02. The Morgan fingerprint density at radius 1 is 1.00 bits per heavy atom. The molecule has 6 heteroatoms. The van der Waals surface area contributed by atoms with Gasteiger partial charge in [-0.3, -0.25) is 4.79 Å². The second kappa shape index (κ2) is 10.3. The van der Waals surface area contributed by atoms with Gasteiger partial charge in [0.2, 0.25) is 5.91 Å². The lowest BCUT2D eigenvalue weighted by Gasteiger charge is -2.33. The third-order valence-corrected chi connectivity index (χ3v) is 6.65. The van der Waals surface area contributed by atoms with E-state index in [4.69, 9.17) is 0 Å². The highest BCUT2D eigenvalue weighted by Gasteiger charge is 2.29. The van der Waals surface area contributed by atoms with Crippen molar-refractivity contribution in [2.24, 2.45) is 5.92 Å². The number of halogens is 3. The standard InChI is InChI=1S/C26H29F3N2O/c27-21-13-18(14-22(28)16-21)6-8-26(32)30-23-7-5-19(15-23)17-31-11-9-20(10-12-31)24-3-1-2-4-25(24)29/h1-4,6,8,13-14,16,19-20,23H,5,7,9-12,15,17H2,(H,30,32)/b8-6+/t19-,23+/m0/s1. The summed E-state index contributed by atoms with van der Waals surface area (Å²) < 4.78 is 40.5. The number of piperidine rings is 1. The quantitative estimate of drug-likeness (QED) is 0.618. The largest absolute Gasteiger partial charge is 0.350 e. The Labute approximate surface area is 187 Å². The second-order valence-electron chi connectivity index (χ2n) is 9.02. The van der Waals surface area contributed by atoms with Crippen LogP contribution in [0.2, 0.25) is 0 Å². The van der Waals surface area contributed by atoms with E-state index in [2.05, 4.69) is 10.2 Å². The van der Waals surface area contributed by atoms with Crippen molar-refractivity contribution in [3.63, 3.8) is 0 Å². The molecule has 2 fully saturated rings. The lowest BCUT2D eigenvalue weighted by atomic mass is 9.88. The van der Waals surface area contributed by atoms with Crippen LogP contribution in [0.5, 0.6) is 0 Å². The third-order valence-electron chi connectivity index (χ3n) is 6.65. The number of benzene rings is 2. The Hall–Kier alpha value is -2.60. The highest BCUT2D eigenvalue weighted by Crippen LogP contribution is 2.32. The maximum absolute atomic E-state index is 14.0. The molecule has 1 amide bonds. The minimum atomic E-state index is -0.665. The van der Waals surface area contributed by atoms with E-state index in [0.29, 0.717) is 17.4 Å². The Morgan fingerprint density at radius 3 is 2.44 bits per heavy atom. The summed E-state index contributed by atoms with van der Waals surface area (Å²) in [5, 5.41) is 3.01. The molecule has 1 aliphatic carbocycles. The number of hydrogen-bond donors (Lipinski definition) is 1. The monoisotopic (exact) mass is 442 g/mol. The van der Waals surface area contributed by atoms with E-state index in [1.807, 2.05) is 12.1 Å². The van der Waals surface area contributed by atoms with E-state index < -0.39 is 11.6 Å². The molecular formula is C26H29F3N2O. The van der Waals surface area contributed by atoms with Crippen molar-refractivity contribution in [2.45, 2.75) is 44.1 Å². The summed E-state index contributed by atoms with van der Waals surface area (Å²) in [4.78, 5) is 14.7. The van der Waals surface area contributed by atoms with Gasteiger partial charge in [-0.1, -0.05) is 18.2 Å². The van der Waals surface area contributed by atoms with Crippen LogP contribution in [0, 0.1) is 23.4 Å². The first kappa shape index (κ1) is 22.6. The molecule has 1 heterocycles. The molecule has 1 saturated carbocycles. The van der Waals surface area contributed by atoms with Crippen LogP contribution in [0.3, 0.4) is 0 Å². The Bertz CT molecular complexity index is 949. The van der Waals surface area contributed by atoms with Crippen LogP contribution in [-0.2, 0) is 4.79 Å². The minimum absolute atomic E-state index is 0.100. The molecule has 0 bridgehead atoms. The fourth-order valence-electron chi connectivity index (χ4n) is 5.06. The van der Waals surface area contributed by atoms with Crippen LogP contribution in [0.1, 0.15) is 49.1 Å². The molecule has 170 valence electrons. The predicted molar refractivity (Wildman–Crippen MR) is 119 cm³/mol. The molecule has 1 aliphatic heterocycles. The number of carbonyl (C=O) groups excluding carboxylic acids is 1. The van der Waals surface area contributed by atoms with E-state index in [0.717, 1.165) is 63.4 Å². The van der Waals surface area contributed by atoms with Crippen molar-refractivity contribution in [3.8, 4) is 0 Å². The molecule has 32 heavy (non-hydrogen) atoms. The molecule has 2 aromatic carbocycles. The summed E-state index contributed by atoms with van der Waals surface area (Å²) in [6.45, 7) is 2.95. The van der Waals surface area contributed by atoms with Crippen molar-refractivity contribution in [1.29, 1.82) is 0 Å². The van der Waals surface area contributed by atoms with E-state index in [1.54, 1.807) is 12.1 Å². The first-order valence-electron chi connectivity index (χ1n) is 11.4. The summed E-state index contributed by atoms with van der Waals surface area (Å²) in [7, 11) is 0. The van der Waals surface area contributed by atoms with Gasteiger partial charge >= 0.3 is 0 Å². The smallest absolute Gasteiger partial charge is 0.244 e. The minimum Gasteiger partial charge on any atom is -0.350 e. The van der Waals surface area contributed by atoms with Crippen LogP contribution < -0.4 is 5.32 Å². The van der Waals surface area contributed by atoms with Crippen molar-refractivity contribution in [1.82, 2.24) is 10.2 Å². The predicted octanol–water partition coefficient (Wildman–Crippen LogP) is 5.28. The number of rotatable bonds is 6. The van der Waals surface area contributed by atoms with Crippen molar-refractivity contribution < 1.29 is 18.0 Å². The number of likely N-dealkylation sites (tertiary alicyclic amines) is 1. The van der Waals surface area contributed by atoms with Gasteiger partial charge in [0.15, 0.2) is 0 Å². The lowest BCUT2D eigenvalue weighted by Crippen LogP contribution is -2.37. The maximum Gasteiger partial charge on any atom is 0.244 e. The Balaban J connectivity index is 1.20. The average Bonchev–Trinajstić information content (AvgIpc) is 3.19. The highest BCUT2D eigenvalue weighted by atomic mass is 19.1. The molecule has 0 radical (unpaired) electrons. The molecule has 4 rings (SSSR count). The SMILES string of the molecule is O=C(/C=C/c1cc(F)cc(F)c1)N[C@@H]1CC[C@H](CN2CCC(c3ccccc3F)CC2)C1. The Morgan fingerprint density at radius 2 is 1.72 bits per heavy atom. The van der Waals surface area contributed by atoms with Crippen molar-refractivity contribution in [3.05, 3.63) is 77.1 Å². The van der Waals surface area contributed by atoms with Crippen LogP contribution in [0.4, 0.5) is 13.2 Å².